The molecular formula is C10H10N4S. The van der Waals surface area contributed by atoms with Crippen molar-refractivity contribution in [3.05, 3.63) is 29.8 Å². The molecule has 76 valence electrons. The van der Waals surface area contributed by atoms with Crippen molar-refractivity contribution in [1.29, 1.82) is 0 Å². The molecule has 2 heterocycles. The monoisotopic (exact) mass is 218 g/mol. The maximum atomic E-state index is 5.40. The Morgan fingerprint density at radius 1 is 1.40 bits per heavy atom. The third-order valence-electron chi connectivity index (χ3n) is 2.53. The molecule has 0 atom stereocenters. The Balaban J connectivity index is 2.22. The van der Waals surface area contributed by atoms with Crippen molar-refractivity contribution in [2.45, 2.75) is 10.6 Å². The van der Waals surface area contributed by atoms with Crippen LogP contribution < -0.4 is 11.3 Å². The molecule has 5 heteroatoms. The lowest BCUT2D eigenvalue weighted by Gasteiger charge is -2.15. The van der Waals surface area contributed by atoms with E-state index in [0.29, 0.717) is 0 Å². The lowest BCUT2D eigenvalue weighted by molar-refractivity contribution is 1.08. The average Bonchev–Trinajstić information content (AvgIpc) is 2.72. The number of anilines is 1. The zero-order valence-electron chi connectivity index (χ0n) is 7.95. The lowest BCUT2D eigenvalue weighted by Crippen LogP contribution is -2.09. The molecule has 4 N–H and O–H groups in total. The minimum atomic E-state index is 0.743. The highest BCUT2D eigenvalue weighted by atomic mass is 32.2. The van der Waals surface area contributed by atoms with E-state index in [9.17, 15) is 0 Å². The fourth-order valence-electron chi connectivity index (χ4n) is 1.80. The van der Waals surface area contributed by atoms with Crippen LogP contribution in [0.2, 0.25) is 0 Å². The molecule has 2 aromatic rings. The van der Waals surface area contributed by atoms with Crippen LogP contribution >= 0.6 is 11.8 Å². The number of thioether (sulfide) groups is 1. The maximum absolute atomic E-state index is 5.40. The topological polar surface area (TPSA) is 66.7 Å². The van der Waals surface area contributed by atoms with Crippen molar-refractivity contribution in [2.75, 3.05) is 5.43 Å². The number of nitrogens with two attached hydrogens (primary N) is 1. The number of aromatic amines is 1. The number of nitrogens with one attached hydrogen (secondary N) is 2. The van der Waals surface area contributed by atoms with Crippen molar-refractivity contribution in [2.24, 2.45) is 5.84 Å². The second-order valence-electron chi connectivity index (χ2n) is 3.35. The SMILES string of the molecule is NNc1n[nH]c2c1CSc1ccccc1-2. The largest absolute Gasteiger partial charge is 0.307 e. The van der Waals surface area contributed by atoms with Gasteiger partial charge in [-0.2, -0.15) is 5.10 Å². The second kappa shape index (κ2) is 3.29. The molecule has 4 nitrogen and oxygen atoms in total. The molecular weight excluding hydrogens is 208 g/mol. The van der Waals surface area contributed by atoms with E-state index in [0.717, 1.165) is 22.8 Å². The van der Waals surface area contributed by atoms with Gasteiger partial charge in [-0.3, -0.25) is 5.10 Å². The molecule has 1 aromatic heterocycles. The predicted molar refractivity (Wildman–Crippen MR) is 61.4 cm³/mol. The number of H-pyrrole nitrogens is 1. The van der Waals surface area contributed by atoms with Gasteiger partial charge in [-0.25, -0.2) is 5.84 Å². The van der Waals surface area contributed by atoms with E-state index in [1.165, 1.54) is 10.5 Å². The highest BCUT2D eigenvalue weighted by Gasteiger charge is 2.21. The number of hydrogen-bond acceptors (Lipinski definition) is 4. The molecule has 0 saturated carbocycles. The van der Waals surface area contributed by atoms with Gasteiger partial charge in [-0.05, 0) is 6.07 Å². The van der Waals surface area contributed by atoms with E-state index < -0.39 is 0 Å². The summed E-state index contributed by atoms with van der Waals surface area (Å²) in [6.07, 6.45) is 0. The van der Waals surface area contributed by atoms with Crippen molar-refractivity contribution in [3.8, 4) is 11.3 Å². The summed E-state index contributed by atoms with van der Waals surface area (Å²) in [6.45, 7) is 0. The highest BCUT2D eigenvalue weighted by Crippen LogP contribution is 2.42. The molecule has 3 rings (SSSR count). The molecule has 0 unspecified atom stereocenters. The second-order valence-corrected chi connectivity index (χ2v) is 4.37. The van der Waals surface area contributed by atoms with Gasteiger partial charge in [0, 0.05) is 21.8 Å². The highest BCUT2D eigenvalue weighted by molar-refractivity contribution is 7.98. The number of hydrazine groups is 1. The Hall–Kier alpha value is -1.46. The standard InChI is InChI=1S/C10H10N4S/c11-12-10-7-5-15-8-4-2-1-3-6(8)9(7)13-14-10/h1-4H,5,11H2,(H2,12,13,14). The molecule has 1 aliphatic heterocycles. The van der Waals surface area contributed by atoms with Crippen LogP contribution in [-0.2, 0) is 5.75 Å². The normalized spacial score (nSPS) is 13.1. The van der Waals surface area contributed by atoms with Crippen molar-refractivity contribution >= 4 is 17.6 Å². The third kappa shape index (κ3) is 1.24. The van der Waals surface area contributed by atoms with Crippen LogP contribution in [-0.4, -0.2) is 10.2 Å². The van der Waals surface area contributed by atoms with Gasteiger partial charge in [-0.15, -0.1) is 11.8 Å². The predicted octanol–water partition coefficient (Wildman–Crippen LogP) is 1.97. The smallest absolute Gasteiger partial charge is 0.166 e. The summed E-state index contributed by atoms with van der Waals surface area (Å²) in [5, 5.41) is 7.17. The molecule has 0 radical (unpaired) electrons. The summed E-state index contributed by atoms with van der Waals surface area (Å²) in [7, 11) is 0. The Morgan fingerprint density at radius 2 is 2.27 bits per heavy atom. The summed E-state index contributed by atoms with van der Waals surface area (Å²) in [5.41, 5.74) is 6.05. The van der Waals surface area contributed by atoms with Gasteiger partial charge < -0.3 is 5.43 Å². The zero-order valence-corrected chi connectivity index (χ0v) is 8.77. The molecule has 0 fully saturated rings. The van der Waals surface area contributed by atoms with E-state index in [1.54, 1.807) is 0 Å². The molecule has 0 saturated heterocycles. The number of rotatable bonds is 1. The Kier molecular flexibility index (Phi) is 1.93. The van der Waals surface area contributed by atoms with E-state index in [2.05, 4.69) is 33.8 Å². The first-order chi connectivity index (χ1) is 7.40. The number of hydrogen-bond donors (Lipinski definition) is 3. The van der Waals surface area contributed by atoms with Crippen LogP contribution in [0.3, 0.4) is 0 Å². The maximum Gasteiger partial charge on any atom is 0.166 e. The third-order valence-corrected chi connectivity index (χ3v) is 3.63. The van der Waals surface area contributed by atoms with E-state index in [1.807, 2.05) is 17.8 Å². The Morgan fingerprint density at radius 3 is 3.13 bits per heavy atom. The molecule has 0 amide bonds. The van der Waals surface area contributed by atoms with Crippen LogP contribution in [0.5, 0.6) is 0 Å². The van der Waals surface area contributed by atoms with Crippen LogP contribution in [0.1, 0.15) is 5.56 Å². The summed E-state index contributed by atoms with van der Waals surface area (Å²) < 4.78 is 0. The first kappa shape index (κ1) is 8.82. The van der Waals surface area contributed by atoms with Gasteiger partial charge in [0.2, 0.25) is 0 Å². The van der Waals surface area contributed by atoms with Crippen LogP contribution in [0.4, 0.5) is 5.82 Å². The molecule has 0 aliphatic carbocycles. The number of benzene rings is 1. The first-order valence-corrected chi connectivity index (χ1v) is 5.65. The lowest BCUT2D eigenvalue weighted by atomic mass is 10.1. The number of nitrogen functional groups attached to an aromatic ring is 1. The van der Waals surface area contributed by atoms with Crippen LogP contribution in [0.25, 0.3) is 11.3 Å². The molecule has 0 bridgehead atoms. The number of aromatic nitrogens is 2. The summed E-state index contributed by atoms with van der Waals surface area (Å²) in [6, 6.07) is 8.30. The van der Waals surface area contributed by atoms with Gasteiger partial charge >= 0.3 is 0 Å². The van der Waals surface area contributed by atoms with Crippen molar-refractivity contribution < 1.29 is 0 Å². The first-order valence-electron chi connectivity index (χ1n) is 4.66. The zero-order chi connectivity index (χ0) is 10.3. The quantitative estimate of drug-likeness (QED) is 0.505. The Labute approximate surface area is 91.2 Å². The number of nitrogens with zero attached hydrogens (tertiary/aromatic N) is 1. The van der Waals surface area contributed by atoms with Crippen molar-refractivity contribution in [1.82, 2.24) is 10.2 Å². The minimum absolute atomic E-state index is 0.743. The van der Waals surface area contributed by atoms with Gasteiger partial charge in [0.05, 0.1) is 5.69 Å². The fourth-order valence-corrected chi connectivity index (χ4v) is 2.88. The summed E-state index contributed by atoms with van der Waals surface area (Å²) >= 11 is 1.81. The summed E-state index contributed by atoms with van der Waals surface area (Å²) in [5.74, 6) is 7.04. The fraction of sp³-hybridized carbons (Fsp3) is 0.100. The molecule has 15 heavy (non-hydrogen) atoms. The van der Waals surface area contributed by atoms with Crippen molar-refractivity contribution in [3.63, 3.8) is 0 Å². The number of fused-ring (bicyclic) bond motifs is 3. The molecule has 1 aliphatic rings. The minimum Gasteiger partial charge on any atom is -0.307 e. The Bertz CT molecular complexity index is 506. The van der Waals surface area contributed by atoms with Gasteiger partial charge in [0.15, 0.2) is 5.82 Å². The van der Waals surface area contributed by atoms with E-state index in [4.69, 9.17) is 5.84 Å². The van der Waals surface area contributed by atoms with Gasteiger partial charge in [0.1, 0.15) is 0 Å². The van der Waals surface area contributed by atoms with Crippen LogP contribution in [0, 0.1) is 0 Å². The van der Waals surface area contributed by atoms with E-state index >= 15 is 0 Å². The van der Waals surface area contributed by atoms with E-state index in [-0.39, 0.29) is 0 Å². The van der Waals surface area contributed by atoms with Gasteiger partial charge in [0.25, 0.3) is 0 Å². The molecule has 1 aromatic carbocycles. The summed E-state index contributed by atoms with van der Waals surface area (Å²) in [4.78, 5) is 1.29. The molecule has 0 spiro atoms. The van der Waals surface area contributed by atoms with Gasteiger partial charge in [-0.1, -0.05) is 18.2 Å². The van der Waals surface area contributed by atoms with Crippen LogP contribution in [0.15, 0.2) is 29.2 Å². The average molecular weight is 218 g/mol.